The van der Waals surface area contributed by atoms with Gasteiger partial charge in [0.25, 0.3) is 0 Å². The van der Waals surface area contributed by atoms with Crippen molar-refractivity contribution in [1.82, 2.24) is 5.32 Å². The van der Waals surface area contributed by atoms with Crippen LogP contribution < -0.4 is 5.32 Å². The number of fused-ring (bicyclic) bond motifs is 1. The Labute approximate surface area is 122 Å². The van der Waals surface area contributed by atoms with Crippen LogP contribution in [0.4, 0.5) is 0 Å². The van der Waals surface area contributed by atoms with Gasteiger partial charge in [-0.1, -0.05) is 74.9 Å². The highest BCUT2D eigenvalue weighted by atomic mass is 14.9. The fourth-order valence-corrected chi connectivity index (χ4v) is 2.40. The van der Waals surface area contributed by atoms with Crippen LogP contribution in [-0.4, -0.2) is 13.1 Å². The van der Waals surface area contributed by atoms with Gasteiger partial charge in [-0.05, 0) is 35.2 Å². The van der Waals surface area contributed by atoms with Gasteiger partial charge in [0.05, 0.1) is 0 Å². The number of hydrogen-bond acceptors (Lipinski definition) is 1. The maximum absolute atomic E-state index is 3.54. The van der Waals surface area contributed by atoms with Crippen LogP contribution in [0, 0.1) is 5.92 Å². The van der Waals surface area contributed by atoms with Gasteiger partial charge in [0.15, 0.2) is 0 Å². The molecule has 0 saturated carbocycles. The highest BCUT2D eigenvalue weighted by molar-refractivity contribution is 5.90. The van der Waals surface area contributed by atoms with E-state index in [1.165, 1.54) is 21.9 Å². The Balaban J connectivity index is 2.21. The maximum Gasteiger partial charge on any atom is 0.0167 e. The molecule has 0 aliphatic carbocycles. The fraction of sp³-hybridized carbons (Fsp3) is 0.368. The first-order valence-electron chi connectivity index (χ1n) is 7.58. The minimum atomic E-state index is 0.700. The summed E-state index contributed by atoms with van der Waals surface area (Å²) in [6.07, 6.45) is 3.43. The van der Waals surface area contributed by atoms with Crippen LogP contribution in [0.1, 0.15) is 32.8 Å². The Kier molecular flexibility index (Phi) is 5.37. The van der Waals surface area contributed by atoms with E-state index in [0.717, 1.165) is 19.5 Å². The average Bonchev–Trinajstić information content (AvgIpc) is 2.46. The van der Waals surface area contributed by atoms with Crippen molar-refractivity contribution in [3.63, 3.8) is 0 Å². The lowest BCUT2D eigenvalue weighted by Crippen LogP contribution is -2.21. The van der Waals surface area contributed by atoms with Gasteiger partial charge in [-0.15, -0.1) is 0 Å². The molecule has 0 saturated heterocycles. The van der Waals surface area contributed by atoms with Gasteiger partial charge in [-0.2, -0.15) is 0 Å². The van der Waals surface area contributed by atoms with Crippen molar-refractivity contribution < 1.29 is 0 Å². The molecule has 0 bridgehead atoms. The number of rotatable bonds is 6. The third-order valence-electron chi connectivity index (χ3n) is 3.54. The van der Waals surface area contributed by atoms with E-state index in [9.17, 15) is 0 Å². The molecule has 0 spiro atoms. The monoisotopic (exact) mass is 267 g/mol. The molecule has 2 aromatic carbocycles. The molecule has 0 amide bonds. The first kappa shape index (κ1) is 14.8. The van der Waals surface area contributed by atoms with Crippen LogP contribution in [0.3, 0.4) is 0 Å². The number of benzene rings is 2. The first-order chi connectivity index (χ1) is 9.70. The minimum absolute atomic E-state index is 0.700. The zero-order valence-electron chi connectivity index (χ0n) is 12.8. The zero-order valence-corrected chi connectivity index (χ0v) is 12.8. The Hall–Kier alpha value is -1.60. The van der Waals surface area contributed by atoms with E-state index < -0.39 is 0 Å². The van der Waals surface area contributed by atoms with E-state index in [1.54, 1.807) is 0 Å². The van der Waals surface area contributed by atoms with Crippen molar-refractivity contribution in [2.24, 2.45) is 5.92 Å². The van der Waals surface area contributed by atoms with Gasteiger partial charge in [0.1, 0.15) is 0 Å². The third kappa shape index (κ3) is 3.94. The largest absolute Gasteiger partial charge is 0.313 e. The number of nitrogens with one attached hydrogen (secondary N) is 1. The SMILES string of the molecule is CCC(=Cc1cccc2ccccc12)CNCC(C)C. The fourth-order valence-electron chi connectivity index (χ4n) is 2.40. The van der Waals surface area contributed by atoms with Gasteiger partial charge in [0, 0.05) is 6.54 Å². The summed E-state index contributed by atoms with van der Waals surface area (Å²) in [7, 11) is 0. The molecule has 1 N–H and O–H groups in total. The van der Waals surface area contributed by atoms with Crippen molar-refractivity contribution in [3.8, 4) is 0 Å². The predicted molar refractivity (Wildman–Crippen MR) is 89.9 cm³/mol. The lowest BCUT2D eigenvalue weighted by atomic mass is 10.0. The molecule has 0 aliphatic rings. The molecule has 0 atom stereocenters. The number of hydrogen-bond donors (Lipinski definition) is 1. The Morgan fingerprint density at radius 1 is 1.10 bits per heavy atom. The summed E-state index contributed by atoms with van der Waals surface area (Å²) in [5.41, 5.74) is 2.79. The molecular weight excluding hydrogens is 242 g/mol. The van der Waals surface area contributed by atoms with E-state index in [0.29, 0.717) is 5.92 Å². The van der Waals surface area contributed by atoms with Crippen LogP contribution in [0.15, 0.2) is 48.0 Å². The van der Waals surface area contributed by atoms with Crippen LogP contribution in [0.2, 0.25) is 0 Å². The third-order valence-corrected chi connectivity index (χ3v) is 3.54. The van der Waals surface area contributed by atoms with Gasteiger partial charge in [-0.25, -0.2) is 0 Å². The van der Waals surface area contributed by atoms with Crippen LogP contribution in [0.25, 0.3) is 16.8 Å². The summed E-state index contributed by atoms with van der Waals surface area (Å²) in [5, 5.41) is 6.19. The second-order valence-corrected chi connectivity index (χ2v) is 5.75. The normalized spacial score (nSPS) is 12.3. The van der Waals surface area contributed by atoms with E-state index in [2.05, 4.69) is 74.6 Å². The molecule has 2 rings (SSSR count). The lowest BCUT2D eigenvalue weighted by Gasteiger charge is -2.10. The molecule has 1 heteroatoms. The van der Waals surface area contributed by atoms with Crippen molar-refractivity contribution >= 4 is 16.8 Å². The molecule has 0 aromatic heterocycles. The molecule has 0 radical (unpaired) electrons. The molecule has 0 heterocycles. The van der Waals surface area contributed by atoms with Gasteiger partial charge in [0.2, 0.25) is 0 Å². The molecule has 0 fully saturated rings. The second kappa shape index (κ2) is 7.25. The average molecular weight is 267 g/mol. The predicted octanol–water partition coefficient (Wildman–Crippen LogP) is 4.88. The van der Waals surface area contributed by atoms with Gasteiger partial charge in [-0.3, -0.25) is 0 Å². The van der Waals surface area contributed by atoms with Gasteiger partial charge < -0.3 is 5.32 Å². The topological polar surface area (TPSA) is 12.0 Å². The Morgan fingerprint density at radius 3 is 2.60 bits per heavy atom. The molecule has 0 unspecified atom stereocenters. The van der Waals surface area contributed by atoms with Crippen LogP contribution >= 0.6 is 0 Å². The molecule has 2 aromatic rings. The van der Waals surface area contributed by atoms with Gasteiger partial charge >= 0.3 is 0 Å². The summed E-state index contributed by atoms with van der Waals surface area (Å²) >= 11 is 0. The highest BCUT2D eigenvalue weighted by Crippen LogP contribution is 2.21. The van der Waals surface area contributed by atoms with Crippen molar-refractivity contribution in [3.05, 3.63) is 53.6 Å². The van der Waals surface area contributed by atoms with E-state index in [-0.39, 0.29) is 0 Å². The molecule has 20 heavy (non-hydrogen) atoms. The highest BCUT2D eigenvalue weighted by Gasteiger charge is 2.01. The quantitative estimate of drug-likeness (QED) is 0.786. The zero-order chi connectivity index (χ0) is 14.4. The molecule has 1 nitrogen and oxygen atoms in total. The Bertz CT molecular complexity index is 576. The summed E-state index contributed by atoms with van der Waals surface area (Å²) < 4.78 is 0. The second-order valence-electron chi connectivity index (χ2n) is 5.75. The minimum Gasteiger partial charge on any atom is -0.313 e. The van der Waals surface area contributed by atoms with E-state index >= 15 is 0 Å². The lowest BCUT2D eigenvalue weighted by molar-refractivity contribution is 0.569. The molecular formula is C19H25N. The van der Waals surface area contributed by atoms with E-state index in [1.807, 2.05) is 0 Å². The molecule has 106 valence electrons. The molecule has 0 aliphatic heterocycles. The standard InChI is InChI=1S/C19H25N/c1-4-16(14-20-13-15(2)3)12-18-10-7-9-17-8-5-6-11-19(17)18/h5-12,15,20H,4,13-14H2,1-3H3. The smallest absolute Gasteiger partial charge is 0.0167 e. The van der Waals surface area contributed by atoms with Crippen LogP contribution in [-0.2, 0) is 0 Å². The van der Waals surface area contributed by atoms with Crippen LogP contribution in [0.5, 0.6) is 0 Å². The van der Waals surface area contributed by atoms with Crippen molar-refractivity contribution in [2.45, 2.75) is 27.2 Å². The van der Waals surface area contributed by atoms with Crippen molar-refractivity contribution in [1.29, 1.82) is 0 Å². The van der Waals surface area contributed by atoms with Crippen molar-refractivity contribution in [2.75, 3.05) is 13.1 Å². The summed E-state index contributed by atoms with van der Waals surface area (Å²) in [4.78, 5) is 0. The maximum atomic E-state index is 3.54. The van der Waals surface area contributed by atoms with E-state index in [4.69, 9.17) is 0 Å². The Morgan fingerprint density at radius 2 is 1.85 bits per heavy atom. The first-order valence-corrected chi connectivity index (χ1v) is 7.58. The summed E-state index contributed by atoms with van der Waals surface area (Å²) in [6, 6.07) is 15.1. The summed E-state index contributed by atoms with van der Waals surface area (Å²) in [6.45, 7) is 8.78. The summed E-state index contributed by atoms with van der Waals surface area (Å²) in [5.74, 6) is 0.700.